The molecule has 1 rings (SSSR count). The van der Waals surface area contributed by atoms with E-state index < -0.39 is 0 Å². The summed E-state index contributed by atoms with van der Waals surface area (Å²) in [7, 11) is 0. The zero-order chi connectivity index (χ0) is 10.9. The van der Waals surface area contributed by atoms with Gasteiger partial charge in [0.05, 0.1) is 6.10 Å². The molecule has 0 spiro atoms. The van der Waals surface area contributed by atoms with Gasteiger partial charge in [0.2, 0.25) is 0 Å². The van der Waals surface area contributed by atoms with E-state index in [-0.39, 0.29) is 0 Å². The summed E-state index contributed by atoms with van der Waals surface area (Å²) in [5.74, 6) is 0.765. The van der Waals surface area contributed by atoms with Crippen LogP contribution < -0.4 is 5.32 Å². The lowest BCUT2D eigenvalue weighted by Gasteiger charge is -2.17. The van der Waals surface area contributed by atoms with Gasteiger partial charge >= 0.3 is 0 Å². The lowest BCUT2D eigenvalue weighted by molar-refractivity contribution is 0.0873. The van der Waals surface area contributed by atoms with Gasteiger partial charge in [-0.05, 0) is 31.7 Å². The molecule has 1 fully saturated rings. The van der Waals surface area contributed by atoms with Crippen molar-refractivity contribution in [2.75, 3.05) is 19.7 Å². The average molecular weight is 213 g/mol. The van der Waals surface area contributed by atoms with Crippen LogP contribution >= 0.6 is 0 Å². The van der Waals surface area contributed by atoms with Gasteiger partial charge in [0, 0.05) is 13.2 Å². The molecule has 0 bridgehead atoms. The highest BCUT2D eigenvalue weighted by molar-refractivity contribution is 4.76. The zero-order valence-electron chi connectivity index (χ0n) is 10.4. The Morgan fingerprint density at radius 3 is 2.80 bits per heavy atom. The summed E-state index contributed by atoms with van der Waals surface area (Å²) < 4.78 is 5.67. The van der Waals surface area contributed by atoms with Gasteiger partial charge in [-0.15, -0.1) is 0 Å². The first kappa shape index (κ1) is 13.0. The molecule has 1 aliphatic heterocycles. The third-order valence-corrected chi connectivity index (χ3v) is 3.36. The Kier molecular flexibility index (Phi) is 7.03. The Hall–Kier alpha value is -0.0800. The first-order valence-electron chi connectivity index (χ1n) is 6.70. The fraction of sp³-hybridized carbons (Fsp3) is 1.00. The number of hydrogen-bond donors (Lipinski definition) is 1. The first-order valence-corrected chi connectivity index (χ1v) is 6.70. The van der Waals surface area contributed by atoms with Crippen LogP contribution in [-0.4, -0.2) is 25.8 Å². The van der Waals surface area contributed by atoms with E-state index >= 15 is 0 Å². The Morgan fingerprint density at radius 2 is 2.07 bits per heavy atom. The van der Waals surface area contributed by atoms with E-state index in [9.17, 15) is 0 Å². The molecule has 15 heavy (non-hydrogen) atoms. The maximum Gasteiger partial charge on any atom is 0.0613 e. The van der Waals surface area contributed by atoms with Crippen molar-refractivity contribution in [1.29, 1.82) is 0 Å². The maximum absolute atomic E-state index is 5.67. The van der Waals surface area contributed by atoms with Gasteiger partial charge in [0.25, 0.3) is 0 Å². The molecule has 2 unspecified atom stereocenters. The fourth-order valence-corrected chi connectivity index (χ4v) is 2.34. The molecule has 1 aliphatic rings. The topological polar surface area (TPSA) is 21.3 Å². The number of nitrogens with one attached hydrogen (secondary N) is 1. The van der Waals surface area contributed by atoms with Crippen molar-refractivity contribution >= 4 is 0 Å². The lowest BCUT2D eigenvalue weighted by atomic mass is 10.00. The molecule has 0 aromatic rings. The molecule has 0 aromatic heterocycles. The molecule has 1 saturated heterocycles. The minimum absolute atomic E-state index is 0.521. The monoisotopic (exact) mass is 213 g/mol. The highest BCUT2D eigenvalue weighted by atomic mass is 16.5. The van der Waals surface area contributed by atoms with Gasteiger partial charge in [-0.1, -0.05) is 33.1 Å². The molecule has 0 amide bonds. The number of ether oxygens (including phenoxy) is 1. The van der Waals surface area contributed by atoms with Crippen LogP contribution in [0.3, 0.4) is 0 Å². The second kappa shape index (κ2) is 8.12. The van der Waals surface area contributed by atoms with E-state index in [0.717, 1.165) is 19.1 Å². The first-order chi connectivity index (χ1) is 7.38. The molecule has 1 N–H and O–H groups in total. The molecule has 0 aromatic carbocycles. The van der Waals surface area contributed by atoms with E-state index in [2.05, 4.69) is 19.2 Å². The van der Waals surface area contributed by atoms with Gasteiger partial charge in [-0.2, -0.15) is 0 Å². The van der Waals surface area contributed by atoms with Crippen LogP contribution in [0.25, 0.3) is 0 Å². The van der Waals surface area contributed by atoms with Crippen LogP contribution in [0.4, 0.5) is 0 Å². The van der Waals surface area contributed by atoms with Crippen LogP contribution in [-0.2, 0) is 4.74 Å². The second-order valence-electron chi connectivity index (χ2n) is 4.63. The summed E-state index contributed by atoms with van der Waals surface area (Å²) >= 11 is 0. The molecular formula is C13H27NO. The Labute approximate surface area is 94.8 Å². The number of rotatable bonds is 8. The molecule has 90 valence electrons. The quantitative estimate of drug-likeness (QED) is 0.626. The number of hydrogen-bond acceptors (Lipinski definition) is 2. The van der Waals surface area contributed by atoms with Gasteiger partial charge in [-0.3, -0.25) is 0 Å². The summed E-state index contributed by atoms with van der Waals surface area (Å²) in [5.41, 5.74) is 0. The maximum atomic E-state index is 5.67. The van der Waals surface area contributed by atoms with Gasteiger partial charge < -0.3 is 10.1 Å². The Bertz CT molecular complexity index is 149. The summed E-state index contributed by atoms with van der Waals surface area (Å²) in [6.45, 7) is 7.80. The minimum atomic E-state index is 0.521. The summed E-state index contributed by atoms with van der Waals surface area (Å²) in [6, 6.07) is 0. The molecule has 0 saturated carbocycles. The van der Waals surface area contributed by atoms with Gasteiger partial charge in [-0.25, -0.2) is 0 Å². The third kappa shape index (κ3) is 4.98. The van der Waals surface area contributed by atoms with Crippen molar-refractivity contribution in [2.24, 2.45) is 5.92 Å². The van der Waals surface area contributed by atoms with Crippen molar-refractivity contribution < 1.29 is 4.74 Å². The lowest BCUT2D eigenvalue weighted by Crippen LogP contribution is -2.28. The molecule has 0 aliphatic carbocycles. The van der Waals surface area contributed by atoms with Crippen LogP contribution in [0.1, 0.15) is 52.4 Å². The van der Waals surface area contributed by atoms with Crippen LogP contribution in [0.2, 0.25) is 0 Å². The zero-order valence-corrected chi connectivity index (χ0v) is 10.4. The van der Waals surface area contributed by atoms with Crippen molar-refractivity contribution in [3.8, 4) is 0 Å². The molecule has 0 radical (unpaired) electrons. The highest BCUT2D eigenvalue weighted by Crippen LogP contribution is 2.22. The molecular weight excluding hydrogens is 186 g/mol. The normalized spacial score (nSPS) is 26.0. The third-order valence-electron chi connectivity index (χ3n) is 3.36. The van der Waals surface area contributed by atoms with Crippen LogP contribution in [0.15, 0.2) is 0 Å². The largest absolute Gasteiger partial charge is 0.378 e. The minimum Gasteiger partial charge on any atom is -0.378 e. The average Bonchev–Trinajstić information content (AvgIpc) is 2.70. The molecule has 1 heterocycles. The summed E-state index contributed by atoms with van der Waals surface area (Å²) in [4.78, 5) is 0. The van der Waals surface area contributed by atoms with E-state index in [4.69, 9.17) is 4.74 Å². The fourth-order valence-electron chi connectivity index (χ4n) is 2.34. The van der Waals surface area contributed by atoms with Gasteiger partial charge in [0.1, 0.15) is 0 Å². The van der Waals surface area contributed by atoms with E-state index in [1.54, 1.807) is 0 Å². The van der Waals surface area contributed by atoms with E-state index in [1.807, 2.05) is 0 Å². The summed E-state index contributed by atoms with van der Waals surface area (Å²) in [6.07, 6.45) is 8.36. The predicted molar refractivity (Wildman–Crippen MR) is 65.1 cm³/mol. The summed E-state index contributed by atoms with van der Waals surface area (Å²) in [5, 5.41) is 3.57. The second-order valence-corrected chi connectivity index (χ2v) is 4.63. The molecule has 2 atom stereocenters. The Morgan fingerprint density at radius 1 is 1.20 bits per heavy atom. The van der Waals surface area contributed by atoms with Crippen molar-refractivity contribution in [1.82, 2.24) is 5.32 Å². The predicted octanol–water partition coefficient (Wildman–Crippen LogP) is 2.97. The van der Waals surface area contributed by atoms with Crippen molar-refractivity contribution in [3.05, 3.63) is 0 Å². The van der Waals surface area contributed by atoms with E-state index in [0.29, 0.717) is 6.10 Å². The number of unbranched alkanes of at least 4 members (excludes halogenated alkanes) is 3. The van der Waals surface area contributed by atoms with E-state index in [1.165, 1.54) is 45.1 Å². The SMILES string of the molecule is CCCCCCNCC1CCOC1CC. The molecule has 2 heteroatoms. The molecule has 2 nitrogen and oxygen atoms in total. The Balaban J connectivity index is 1.95. The van der Waals surface area contributed by atoms with Crippen molar-refractivity contribution in [3.63, 3.8) is 0 Å². The highest BCUT2D eigenvalue weighted by Gasteiger charge is 2.25. The smallest absolute Gasteiger partial charge is 0.0613 e. The van der Waals surface area contributed by atoms with Crippen molar-refractivity contribution in [2.45, 2.75) is 58.5 Å². The standard InChI is InChI=1S/C13H27NO/c1-3-5-6-7-9-14-11-12-8-10-15-13(12)4-2/h12-14H,3-11H2,1-2H3. The van der Waals surface area contributed by atoms with Gasteiger partial charge in [0.15, 0.2) is 0 Å². The van der Waals surface area contributed by atoms with Crippen LogP contribution in [0.5, 0.6) is 0 Å². The van der Waals surface area contributed by atoms with Crippen LogP contribution in [0, 0.1) is 5.92 Å².